The van der Waals surface area contributed by atoms with E-state index in [1.807, 2.05) is 37.3 Å². The molecule has 0 radical (unpaired) electrons. The Morgan fingerprint density at radius 1 is 1.43 bits per heavy atom. The number of carboxylic acids is 1. The molecule has 1 aromatic rings. The maximum absolute atomic E-state index is 10.9. The number of carbonyl (C=O) groups is 1. The summed E-state index contributed by atoms with van der Waals surface area (Å²) >= 11 is 0. The maximum atomic E-state index is 10.9. The van der Waals surface area contributed by atoms with E-state index in [9.17, 15) is 4.79 Å². The second kappa shape index (κ2) is 4.77. The summed E-state index contributed by atoms with van der Waals surface area (Å²) in [5.74, 6) is -1.33. The molecule has 0 amide bonds. The van der Waals surface area contributed by atoms with Crippen molar-refractivity contribution in [3.8, 4) is 0 Å². The van der Waals surface area contributed by atoms with Gasteiger partial charge in [0.1, 0.15) is 0 Å². The van der Waals surface area contributed by atoms with Crippen LogP contribution in [0, 0.1) is 5.92 Å². The Morgan fingerprint density at radius 2 is 2.00 bits per heavy atom. The summed E-state index contributed by atoms with van der Waals surface area (Å²) < 4.78 is 0. The Kier molecular flexibility index (Phi) is 3.65. The van der Waals surface area contributed by atoms with Crippen LogP contribution in [0.3, 0.4) is 0 Å². The molecule has 1 rings (SSSR count). The molecule has 0 spiro atoms. The average molecular weight is 193 g/mol. The van der Waals surface area contributed by atoms with Gasteiger partial charge in [0, 0.05) is 6.04 Å². The first-order chi connectivity index (χ1) is 6.66. The largest absolute Gasteiger partial charge is 0.481 e. The smallest absolute Gasteiger partial charge is 0.308 e. The second-order valence-corrected chi connectivity index (χ2v) is 3.29. The van der Waals surface area contributed by atoms with Crippen molar-refractivity contribution in [1.82, 2.24) is 0 Å². The summed E-state index contributed by atoms with van der Waals surface area (Å²) in [6.45, 7) is 1.83. The van der Waals surface area contributed by atoms with E-state index >= 15 is 0 Å². The molecule has 3 heteroatoms. The van der Waals surface area contributed by atoms with E-state index in [0.29, 0.717) is 6.42 Å². The molecule has 2 atom stereocenters. The Balaban J connectivity index is 2.83. The van der Waals surface area contributed by atoms with E-state index in [1.54, 1.807) is 0 Å². The molecule has 76 valence electrons. The number of carboxylic acid groups (broad SMARTS) is 1. The third-order valence-electron chi connectivity index (χ3n) is 2.37. The second-order valence-electron chi connectivity index (χ2n) is 3.29. The van der Waals surface area contributed by atoms with Crippen molar-refractivity contribution >= 4 is 5.97 Å². The van der Waals surface area contributed by atoms with Gasteiger partial charge in [-0.1, -0.05) is 37.3 Å². The van der Waals surface area contributed by atoms with Gasteiger partial charge in [0.15, 0.2) is 0 Å². The minimum atomic E-state index is -0.830. The summed E-state index contributed by atoms with van der Waals surface area (Å²) in [5.41, 5.74) is 6.75. The van der Waals surface area contributed by atoms with Crippen LogP contribution in [0.2, 0.25) is 0 Å². The Labute approximate surface area is 83.6 Å². The molecular weight excluding hydrogens is 178 g/mol. The van der Waals surface area contributed by atoms with Crippen molar-refractivity contribution in [3.05, 3.63) is 35.9 Å². The normalized spacial score (nSPS) is 14.7. The van der Waals surface area contributed by atoms with Crippen LogP contribution in [0.4, 0.5) is 0 Å². The van der Waals surface area contributed by atoms with Crippen molar-refractivity contribution in [1.29, 1.82) is 0 Å². The highest BCUT2D eigenvalue weighted by atomic mass is 16.4. The number of hydrogen-bond donors (Lipinski definition) is 2. The molecule has 0 aliphatic carbocycles. The first-order valence-corrected chi connectivity index (χ1v) is 4.70. The summed E-state index contributed by atoms with van der Waals surface area (Å²) in [4.78, 5) is 10.9. The molecule has 14 heavy (non-hydrogen) atoms. The third-order valence-corrected chi connectivity index (χ3v) is 2.37. The van der Waals surface area contributed by atoms with Crippen molar-refractivity contribution in [2.45, 2.75) is 19.4 Å². The monoisotopic (exact) mass is 193 g/mol. The van der Waals surface area contributed by atoms with Crippen LogP contribution in [0.25, 0.3) is 0 Å². The number of benzene rings is 1. The Morgan fingerprint density at radius 3 is 2.43 bits per heavy atom. The van der Waals surface area contributed by atoms with Gasteiger partial charge in [0.2, 0.25) is 0 Å². The summed E-state index contributed by atoms with van der Waals surface area (Å²) in [6.07, 6.45) is 0.547. The standard InChI is InChI=1S/C11H15NO2/c1-2-9(11(13)14)10(12)8-6-4-3-5-7-8/h3-7,9-10H,2,12H2,1H3,(H,13,14)/t9-,10+/m0/s1. The summed E-state index contributed by atoms with van der Waals surface area (Å²) in [5, 5.41) is 8.92. The van der Waals surface area contributed by atoms with Crippen LogP contribution >= 0.6 is 0 Å². The zero-order valence-corrected chi connectivity index (χ0v) is 8.18. The first-order valence-electron chi connectivity index (χ1n) is 4.70. The molecule has 1 aromatic carbocycles. The van der Waals surface area contributed by atoms with E-state index in [4.69, 9.17) is 10.8 Å². The van der Waals surface area contributed by atoms with Crippen LogP contribution in [0.1, 0.15) is 24.9 Å². The predicted molar refractivity (Wildman–Crippen MR) is 54.8 cm³/mol. The SMILES string of the molecule is CC[C@H](C(=O)O)[C@H](N)c1ccccc1. The molecule has 3 nitrogen and oxygen atoms in total. The van der Waals surface area contributed by atoms with Crippen LogP contribution in [-0.4, -0.2) is 11.1 Å². The molecule has 3 N–H and O–H groups in total. The molecule has 0 aromatic heterocycles. The van der Waals surface area contributed by atoms with Gasteiger partial charge in [-0.25, -0.2) is 0 Å². The predicted octanol–water partition coefficient (Wildman–Crippen LogP) is 1.80. The Bertz CT molecular complexity index is 297. The van der Waals surface area contributed by atoms with Gasteiger partial charge in [-0.05, 0) is 12.0 Å². The lowest BCUT2D eigenvalue weighted by molar-refractivity contribution is -0.142. The molecular formula is C11H15NO2. The molecule has 0 bridgehead atoms. The third kappa shape index (κ3) is 2.33. The molecule has 0 heterocycles. The minimum Gasteiger partial charge on any atom is -0.481 e. The molecule has 0 aliphatic heterocycles. The van der Waals surface area contributed by atoms with Gasteiger partial charge < -0.3 is 10.8 Å². The van der Waals surface area contributed by atoms with Gasteiger partial charge in [-0.3, -0.25) is 4.79 Å². The summed E-state index contributed by atoms with van der Waals surface area (Å²) in [7, 11) is 0. The minimum absolute atomic E-state index is 0.418. The highest BCUT2D eigenvalue weighted by molar-refractivity contribution is 5.71. The first kappa shape index (κ1) is 10.7. The van der Waals surface area contributed by atoms with Gasteiger partial charge in [0.05, 0.1) is 5.92 Å². The van der Waals surface area contributed by atoms with Gasteiger partial charge in [-0.15, -0.1) is 0 Å². The van der Waals surface area contributed by atoms with Gasteiger partial charge in [0.25, 0.3) is 0 Å². The van der Waals surface area contributed by atoms with E-state index in [2.05, 4.69) is 0 Å². The number of aliphatic carboxylic acids is 1. The lowest BCUT2D eigenvalue weighted by Gasteiger charge is -2.18. The maximum Gasteiger partial charge on any atom is 0.308 e. The van der Waals surface area contributed by atoms with E-state index in [0.717, 1.165) is 5.56 Å². The van der Waals surface area contributed by atoms with Crippen molar-refractivity contribution in [2.75, 3.05) is 0 Å². The fourth-order valence-electron chi connectivity index (χ4n) is 1.49. The molecule has 0 unspecified atom stereocenters. The van der Waals surface area contributed by atoms with Crippen LogP contribution in [-0.2, 0) is 4.79 Å². The lowest BCUT2D eigenvalue weighted by atomic mass is 9.92. The fourth-order valence-corrected chi connectivity index (χ4v) is 1.49. The highest BCUT2D eigenvalue weighted by Gasteiger charge is 2.24. The highest BCUT2D eigenvalue weighted by Crippen LogP contribution is 2.21. The Hall–Kier alpha value is -1.35. The molecule has 0 saturated heterocycles. The van der Waals surface area contributed by atoms with Crippen LogP contribution in [0.15, 0.2) is 30.3 Å². The number of hydrogen-bond acceptors (Lipinski definition) is 2. The van der Waals surface area contributed by atoms with E-state index < -0.39 is 17.9 Å². The zero-order valence-electron chi connectivity index (χ0n) is 8.18. The topological polar surface area (TPSA) is 63.3 Å². The van der Waals surface area contributed by atoms with Gasteiger partial charge in [-0.2, -0.15) is 0 Å². The summed E-state index contributed by atoms with van der Waals surface area (Å²) in [6, 6.07) is 8.91. The zero-order chi connectivity index (χ0) is 10.6. The average Bonchev–Trinajstić information content (AvgIpc) is 2.19. The van der Waals surface area contributed by atoms with Crippen molar-refractivity contribution in [2.24, 2.45) is 11.7 Å². The quantitative estimate of drug-likeness (QED) is 0.766. The van der Waals surface area contributed by atoms with Crippen LogP contribution < -0.4 is 5.73 Å². The van der Waals surface area contributed by atoms with E-state index in [1.165, 1.54) is 0 Å². The van der Waals surface area contributed by atoms with Crippen molar-refractivity contribution in [3.63, 3.8) is 0 Å². The number of nitrogens with two attached hydrogens (primary N) is 1. The molecule has 0 saturated carbocycles. The van der Waals surface area contributed by atoms with E-state index in [-0.39, 0.29) is 0 Å². The van der Waals surface area contributed by atoms with Crippen LogP contribution in [0.5, 0.6) is 0 Å². The lowest BCUT2D eigenvalue weighted by Crippen LogP contribution is -2.27. The van der Waals surface area contributed by atoms with Crippen molar-refractivity contribution < 1.29 is 9.90 Å². The fraction of sp³-hybridized carbons (Fsp3) is 0.364. The van der Waals surface area contributed by atoms with Gasteiger partial charge >= 0.3 is 5.97 Å². The molecule has 0 fully saturated rings. The molecule has 0 aliphatic rings. The number of rotatable bonds is 4.